The first-order valence-corrected chi connectivity index (χ1v) is 13.2. The lowest BCUT2D eigenvalue weighted by Gasteiger charge is -2.29. The average molecular weight is 505 g/mol. The third-order valence-corrected chi connectivity index (χ3v) is 7.62. The van der Waals surface area contributed by atoms with Crippen LogP contribution >= 0.6 is 0 Å². The van der Waals surface area contributed by atoms with Gasteiger partial charge in [-0.05, 0) is 68.9 Å². The summed E-state index contributed by atoms with van der Waals surface area (Å²) in [6.07, 6.45) is 10.7. The van der Waals surface area contributed by atoms with Gasteiger partial charge in [0.25, 0.3) is 0 Å². The van der Waals surface area contributed by atoms with E-state index in [2.05, 4.69) is 6.92 Å². The van der Waals surface area contributed by atoms with Crippen molar-refractivity contribution in [3.05, 3.63) is 70.8 Å². The van der Waals surface area contributed by atoms with Crippen molar-refractivity contribution in [2.45, 2.75) is 83.3 Å². The molecule has 2 saturated heterocycles. The molecule has 0 aliphatic carbocycles. The van der Waals surface area contributed by atoms with Crippen molar-refractivity contribution in [1.82, 2.24) is 0 Å². The Kier molecular flexibility index (Phi) is 9.24. The van der Waals surface area contributed by atoms with Gasteiger partial charge in [-0.1, -0.05) is 49.8 Å². The Bertz CT molecular complexity index is 1050. The van der Waals surface area contributed by atoms with E-state index in [-0.39, 0.29) is 46.3 Å². The highest BCUT2D eigenvalue weighted by Gasteiger charge is 2.28. The van der Waals surface area contributed by atoms with E-state index in [1.165, 1.54) is 24.3 Å². The van der Waals surface area contributed by atoms with Crippen LogP contribution in [0.3, 0.4) is 0 Å². The highest BCUT2D eigenvalue weighted by atomic mass is 19.2. The molecule has 4 unspecified atom stereocenters. The van der Waals surface area contributed by atoms with Crippen LogP contribution in [-0.4, -0.2) is 25.4 Å². The molecule has 2 aliphatic heterocycles. The standard InChI is InChI=1S/C30H36F4O2/c1-3-5-22-12-8-19(17-35-22)7-9-20-11-14-25(29(33)27(20)31)26-16-15-24(28(32)30(26)34)21-10-13-23(6-4-2)36-18-21/h3,5,11,14-16,19,21-23H,4,6-10,12-13,17-18H2,1-2H3. The molecular weight excluding hydrogens is 468 g/mol. The minimum Gasteiger partial charge on any atom is -0.378 e. The van der Waals surface area contributed by atoms with Crippen LogP contribution in [0.1, 0.15) is 75.8 Å². The van der Waals surface area contributed by atoms with Crippen LogP contribution < -0.4 is 0 Å². The monoisotopic (exact) mass is 504 g/mol. The summed E-state index contributed by atoms with van der Waals surface area (Å²) in [6.45, 7) is 4.97. The van der Waals surface area contributed by atoms with E-state index in [1.807, 2.05) is 19.1 Å². The van der Waals surface area contributed by atoms with Crippen molar-refractivity contribution in [3.8, 4) is 11.1 Å². The van der Waals surface area contributed by atoms with Crippen LogP contribution in [-0.2, 0) is 15.9 Å². The zero-order chi connectivity index (χ0) is 25.7. The van der Waals surface area contributed by atoms with E-state index in [0.717, 1.165) is 32.1 Å². The molecule has 6 heteroatoms. The Morgan fingerprint density at radius 1 is 0.806 bits per heavy atom. The summed E-state index contributed by atoms with van der Waals surface area (Å²) in [5.41, 5.74) is -0.0619. The second-order valence-corrected chi connectivity index (χ2v) is 10.1. The highest BCUT2D eigenvalue weighted by molar-refractivity contribution is 5.66. The molecule has 4 atom stereocenters. The summed E-state index contributed by atoms with van der Waals surface area (Å²) in [4.78, 5) is 0. The maximum absolute atomic E-state index is 15.1. The number of ether oxygens (including phenoxy) is 2. The van der Waals surface area contributed by atoms with Crippen LogP contribution in [0.2, 0.25) is 0 Å². The predicted molar refractivity (Wildman–Crippen MR) is 134 cm³/mol. The van der Waals surface area contributed by atoms with Crippen molar-refractivity contribution in [2.24, 2.45) is 5.92 Å². The number of hydrogen-bond donors (Lipinski definition) is 0. The first kappa shape index (κ1) is 26.9. The topological polar surface area (TPSA) is 18.5 Å². The lowest BCUT2D eigenvalue weighted by Crippen LogP contribution is -2.25. The van der Waals surface area contributed by atoms with E-state index in [0.29, 0.717) is 32.5 Å². The third kappa shape index (κ3) is 6.03. The van der Waals surface area contributed by atoms with E-state index in [4.69, 9.17) is 9.47 Å². The van der Waals surface area contributed by atoms with Gasteiger partial charge in [-0.25, -0.2) is 17.6 Å². The molecule has 2 nitrogen and oxygen atoms in total. The molecule has 0 bridgehead atoms. The van der Waals surface area contributed by atoms with Gasteiger partial charge in [0.05, 0.1) is 25.4 Å². The zero-order valence-corrected chi connectivity index (χ0v) is 21.2. The molecular formula is C30H36F4O2. The summed E-state index contributed by atoms with van der Waals surface area (Å²) in [7, 11) is 0. The second-order valence-electron chi connectivity index (χ2n) is 10.1. The van der Waals surface area contributed by atoms with E-state index >= 15 is 13.2 Å². The molecule has 2 aromatic carbocycles. The van der Waals surface area contributed by atoms with Gasteiger partial charge in [0.2, 0.25) is 0 Å². The Labute approximate surface area is 211 Å². The first-order valence-electron chi connectivity index (χ1n) is 13.2. The number of aryl methyl sites for hydroxylation is 1. The van der Waals surface area contributed by atoms with Crippen molar-refractivity contribution in [1.29, 1.82) is 0 Å². The lowest BCUT2D eigenvalue weighted by atomic mass is 9.88. The third-order valence-electron chi connectivity index (χ3n) is 7.62. The van der Waals surface area contributed by atoms with Crippen LogP contribution in [0, 0.1) is 29.2 Å². The van der Waals surface area contributed by atoms with E-state index < -0.39 is 23.3 Å². The van der Waals surface area contributed by atoms with Gasteiger partial charge < -0.3 is 9.47 Å². The molecule has 2 aromatic rings. The Hall–Kier alpha value is -2.18. The number of hydrogen-bond acceptors (Lipinski definition) is 2. The molecule has 0 radical (unpaired) electrons. The normalized spacial score (nSPS) is 24.9. The second kappa shape index (κ2) is 12.4. The van der Waals surface area contributed by atoms with Crippen molar-refractivity contribution < 1.29 is 27.0 Å². The van der Waals surface area contributed by atoms with Gasteiger partial charge in [-0.2, -0.15) is 0 Å². The molecule has 36 heavy (non-hydrogen) atoms. The molecule has 0 N–H and O–H groups in total. The van der Waals surface area contributed by atoms with E-state index in [9.17, 15) is 4.39 Å². The molecule has 0 saturated carbocycles. The number of rotatable bonds is 8. The summed E-state index contributed by atoms with van der Waals surface area (Å²) < 4.78 is 71.6. The quantitative estimate of drug-likeness (QED) is 0.266. The molecule has 196 valence electrons. The molecule has 0 spiro atoms. The fraction of sp³-hybridized carbons (Fsp3) is 0.533. The average Bonchev–Trinajstić information content (AvgIpc) is 2.89. The summed E-state index contributed by atoms with van der Waals surface area (Å²) in [5.74, 6) is -4.26. The number of benzene rings is 2. The summed E-state index contributed by atoms with van der Waals surface area (Å²) >= 11 is 0. The van der Waals surface area contributed by atoms with Crippen molar-refractivity contribution >= 4 is 0 Å². The number of allylic oxidation sites excluding steroid dienone is 1. The van der Waals surface area contributed by atoms with Gasteiger partial charge in [-0.3, -0.25) is 0 Å². The summed E-state index contributed by atoms with van der Waals surface area (Å²) in [5, 5.41) is 0. The highest BCUT2D eigenvalue weighted by Crippen LogP contribution is 2.36. The molecule has 0 amide bonds. The van der Waals surface area contributed by atoms with Gasteiger partial charge in [-0.15, -0.1) is 0 Å². The number of halogens is 4. The largest absolute Gasteiger partial charge is 0.378 e. The Morgan fingerprint density at radius 2 is 1.56 bits per heavy atom. The van der Waals surface area contributed by atoms with Crippen LogP contribution in [0.15, 0.2) is 36.4 Å². The Morgan fingerprint density at radius 3 is 2.19 bits per heavy atom. The molecule has 2 fully saturated rings. The lowest BCUT2D eigenvalue weighted by molar-refractivity contribution is -0.00181. The molecule has 4 rings (SSSR count). The van der Waals surface area contributed by atoms with Crippen molar-refractivity contribution in [2.75, 3.05) is 13.2 Å². The van der Waals surface area contributed by atoms with Crippen LogP contribution in [0.5, 0.6) is 0 Å². The van der Waals surface area contributed by atoms with Gasteiger partial charge >= 0.3 is 0 Å². The fourth-order valence-electron chi connectivity index (χ4n) is 5.46. The van der Waals surface area contributed by atoms with Gasteiger partial charge in [0, 0.05) is 17.0 Å². The fourth-order valence-corrected chi connectivity index (χ4v) is 5.46. The maximum atomic E-state index is 15.1. The van der Waals surface area contributed by atoms with Crippen molar-refractivity contribution in [3.63, 3.8) is 0 Å². The van der Waals surface area contributed by atoms with Crippen LogP contribution in [0.25, 0.3) is 11.1 Å². The van der Waals surface area contributed by atoms with E-state index in [1.54, 1.807) is 0 Å². The zero-order valence-electron chi connectivity index (χ0n) is 21.2. The summed E-state index contributed by atoms with van der Waals surface area (Å²) in [6, 6.07) is 5.67. The smallest absolute Gasteiger partial charge is 0.167 e. The van der Waals surface area contributed by atoms with Crippen LogP contribution in [0.4, 0.5) is 17.6 Å². The maximum Gasteiger partial charge on any atom is 0.167 e. The molecule has 2 heterocycles. The molecule has 2 aliphatic rings. The first-order chi connectivity index (χ1) is 17.4. The predicted octanol–water partition coefficient (Wildman–Crippen LogP) is 8.28. The minimum absolute atomic E-state index is 0.130. The molecule has 0 aromatic heterocycles. The van der Waals surface area contributed by atoms with Gasteiger partial charge in [0.15, 0.2) is 23.3 Å². The SMILES string of the molecule is CC=CC1CCC(CCc2ccc(-c3ccc(C4CCC(CCC)OC4)c(F)c3F)c(F)c2F)CO1. The van der Waals surface area contributed by atoms with Gasteiger partial charge in [0.1, 0.15) is 0 Å². The Balaban J connectivity index is 1.44. The minimum atomic E-state index is -1.15.